The zero-order valence-electron chi connectivity index (χ0n) is 14.1. The lowest BCUT2D eigenvalue weighted by molar-refractivity contribution is -0.712. The van der Waals surface area contributed by atoms with Gasteiger partial charge in [-0.3, -0.25) is 0 Å². The van der Waals surface area contributed by atoms with Gasteiger partial charge in [-0.05, 0) is 33.3 Å². The van der Waals surface area contributed by atoms with Crippen molar-refractivity contribution in [2.75, 3.05) is 6.61 Å². The summed E-state index contributed by atoms with van der Waals surface area (Å²) >= 11 is 0. The fraction of sp³-hybridized carbons (Fsp3) is 0.444. The highest BCUT2D eigenvalue weighted by atomic mass is 16.5. The summed E-state index contributed by atoms with van der Waals surface area (Å²) in [4.78, 5) is 15.4. The third-order valence-corrected chi connectivity index (χ3v) is 5.01. The summed E-state index contributed by atoms with van der Waals surface area (Å²) in [6, 6.07) is 2.51. The van der Waals surface area contributed by atoms with E-state index in [2.05, 4.69) is 43.3 Å². The lowest BCUT2D eigenvalue weighted by atomic mass is 10.1. The molecule has 1 N–H and O–H groups in total. The summed E-state index contributed by atoms with van der Waals surface area (Å²) in [7, 11) is 0. The molecule has 1 unspecified atom stereocenters. The maximum atomic E-state index is 12.1. The second kappa shape index (κ2) is 4.97. The number of nitrogens with one attached hydrogen (secondary N) is 1. The first-order chi connectivity index (χ1) is 10.4. The van der Waals surface area contributed by atoms with Crippen LogP contribution < -0.4 is 4.57 Å². The highest BCUT2D eigenvalue weighted by Crippen LogP contribution is 2.34. The van der Waals surface area contributed by atoms with Gasteiger partial charge in [0.1, 0.15) is 5.69 Å². The largest absolute Gasteiger partial charge is 0.461 e. The van der Waals surface area contributed by atoms with E-state index in [4.69, 9.17) is 4.74 Å². The molecule has 0 spiro atoms. The summed E-state index contributed by atoms with van der Waals surface area (Å²) in [6.45, 7) is 12.9. The highest BCUT2D eigenvalue weighted by Gasteiger charge is 2.35. The van der Waals surface area contributed by atoms with Gasteiger partial charge < -0.3 is 9.72 Å². The minimum atomic E-state index is -0.280. The topological polar surface area (TPSA) is 46.0 Å². The fourth-order valence-corrected chi connectivity index (χ4v) is 3.60. The molecule has 0 aliphatic carbocycles. The van der Waals surface area contributed by atoms with Crippen molar-refractivity contribution in [3.63, 3.8) is 0 Å². The second-order valence-corrected chi connectivity index (χ2v) is 6.10. The molecule has 0 bridgehead atoms. The van der Waals surface area contributed by atoms with E-state index >= 15 is 0 Å². The molecule has 3 heterocycles. The molecule has 4 heteroatoms. The molecular weight excluding hydrogens is 276 g/mol. The summed E-state index contributed by atoms with van der Waals surface area (Å²) in [5.41, 5.74) is 7.69. The maximum absolute atomic E-state index is 12.1. The van der Waals surface area contributed by atoms with E-state index in [9.17, 15) is 4.79 Å². The molecular formula is C18H23N2O2+. The van der Waals surface area contributed by atoms with Crippen molar-refractivity contribution in [3.05, 3.63) is 34.3 Å². The van der Waals surface area contributed by atoms with Crippen molar-refractivity contribution in [1.82, 2.24) is 4.98 Å². The predicted molar refractivity (Wildman–Crippen MR) is 86.9 cm³/mol. The number of aromatic amines is 1. The van der Waals surface area contributed by atoms with Crippen LogP contribution in [0.25, 0.3) is 16.5 Å². The average molecular weight is 299 g/mol. The van der Waals surface area contributed by atoms with Crippen LogP contribution in [0.3, 0.4) is 0 Å². The lowest BCUT2D eigenvalue weighted by Gasteiger charge is -2.07. The number of carbonyl (C=O) groups is 1. The maximum Gasteiger partial charge on any atom is 0.355 e. The number of nitrogens with zero attached hydrogens (tertiary/aromatic N) is 1. The van der Waals surface area contributed by atoms with Crippen LogP contribution in [-0.4, -0.2) is 17.6 Å². The van der Waals surface area contributed by atoms with Gasteiger partial charge in [0.05, 0.1) is 17.5 Å². The van der Waals surface area contributed by atoms with Crippen LogP contribution in [0, 0.1) is 13.8 Å². The molecule has 3 rings (SSSR count). The van der Waals surface area contributed by atoms with Crippen LogP contribution in [0.15, 0.2) is 11.6 Å². The zero-order valence-corrected chi connectivity index (χ0v) is 14.1. The van der Waals surface area contributed by atoms with Gasteiger partial charge in [0, 0.05) is 31.1 Å². The normalized spacial score (nSPS) is 17.3. The van der Waals surface area contributed by atoms with E-state index in [1.165, 1.54) is 22.5 Å². The molecule has 0 aromatic carbocycles. The Morgan fingerprint density at radius 3 is 2.64 bits per heavy atom. The van der Waals surface area contributed by atoms with E-state index in [1.807, 2.05) is 13.8 Å². The number of rotatable bonds is 2. The quantitative estimate of drug-likeness (QED) is 0.680. The van der Waals surface area contributed by atoms with Crippen molar-refractivity contribution < 1.29 is 14.1 Å². The third-order valence-electron chi connectivity index (χ3n) is 5.01. The van der Waals surface area contributed by atoms with Gasteiger partial charge in [-0.2, -0.15) is 4.57 Å². The molecule has 0 radical (unpaired) electrons. The number of aryl methyl sites for hydroxylation is 2. The number of esters is 1. The summed E-state index contributed by atoms with van der Waals surface area (Å²) in [6.07, 6.45) is 0. The van der Waals surface area contributed by atoms with E-state index in [-0.39, 0.29) is 5.97 Å². The molecule has 1 aliphatic rings. The molecule has 0 fully saturated rings. The van der Waals surface area contributed by atoms with Crippen LogP contribution in [0.1, 0.15) is 61.2 Å². The van der Waals surface area contributed by atoms with E-state index in [0.29, 0.717) is 18.3 Å². The number of aromatic nitrogens is 2. The first-order valence-corrected chi connectivity index (χ1v) is 7.80. The molecule has 0 amide bonds. The number of carbonyl (C=O) groups excluding carboxylic acids is 1. The molecule has 0 saturated carbocycles. The van der Waals surface area contributed by atoms with Gasteiger partial charge in [0.25, 0.3) is 0 Å². The lowest BCUT2D eigenvalue weighted by Crippen LogP contribution is -2.41. The van der Waals surface area contributed by atoms with Crippen molar-refractivity contribution in [1.29, 1.82) is 0 Å². The molecule has 2 aromatic rings. The Morgan fingerprint density at radius 1 is 1.32 bits per heavy atom. The van der Waals surface area contributed by atoms with Gasteiger partial charge in [-0.1, -0.05) is 0 Å². The third kappa shape index (κ3) is 1.83. The molecule has 2 aromatic heterocycles. The number of ether oxygens (including phenoxy) is 1. The molecule has 22 heavy (non-hydrogen) atoms. The Bertz CT molecular complexity index is 827. The first-order valence-electron chi connectivity index (χ1n) is 7.80. The number of hydrogen-bond acceptors (Lipinski definition) is 2. The Morgan fingerprint density at radius 2 is 2.00 bits per heavy atom. The minimum Gasteiger partial charge on any atom is -0.461 e. The summed E-state index contributed by atoms with van der Waals surface area (Å²) in [5, 5.41) is 1.13. The SMILES string of the molecule is CCOC(=O)c1[nH]c2cc3[n+](c(C)c2c1C)C(C)C(C)=C3C. The zero-order chi connectivity index (χ0) is 16.2. The fourth-order valence-electron chi connectivity index (χ4n) is 3.60. The number of H-pyrrole nitrogens is 1. The summed E-state index contributed by atoms with van der Waals surface area (Å²) < 4.78 is 7.52. The van der Waals surface area contributed by atoms with Crippen molar-refractivity contribution in [2.24, 2.45) is 0 Å². The van der Waals surface area contributed by atoms with E-state index in [0.717, 1.165) is 16.5 Å². The first kappa shape index (κ1) is 14.8. The van der Waals surface area contributed by atoms with Gasteiger partial charge in [0.15, 0.2) is 11.7 Å². The van der Waals surface area contributed by atoms with Crippen LogP contribution in [-0.2, 0) is 4.74 Å². The van der Waals surface area contributed by atoms with Crippen LogP contribution in [0.4, 0.5) is 0 Å². The van der Waals surface area contributed by atoms with Crippen LogP contribution in [0.2, 0.25) is 0 Å². The minimum absolute atomic E-state index is 0.280. The van der Waals surface area contributed by atoms with Gasteiger partial charge >= 0.3 is 5.97 Å². The molecule has 0 saturated heterocycles. The Labute approximate surface area is 130 Å². The Kier molecular flexibility index (Phi) is 3.35. The van der Waals surface area contributed by atoms with Crippen molar-refractivity contribution >= 4 is 22.4 Å². The number of allylic oxidation sites excluding steroid dienone is 2. The smallest absolute Gasteiger partial charge is 0.355 e. The van der Waals surface area contributed by atoms with E-state index in [1.54, 1.807) is 0 Å². The summed E-state index contributed by atoms with van der Waals surface area (Å²) in [5.74, 6) is -0.280. The predicted octanol–water partition coefficient (Wildman–Crippen LogP) is 3.62. The number of hydrogen-bond donors (Lipinski definition) is 1. The van der Waals surface area contributed by atoms with Crippen molar-refractivity contribution in [2.45, 2.75) is 47.6 Å². The monoisotopic (exact) mass is 299 g/mol. The van der Waals surface area contributed by atoms with Gasteiger partial charge in [-0.15, -0.1) is 0 Å². The second-order valence-electron chi connectivity index (χ2n) is 6.10. The van der Waals surface area contributed by atoms with E-state index < -0.39 is 0 Å². The Balaban J connectivity index is 2.29. The molecule has 4 nitrogen and oxygen atoms in total. The molecule has 1 atom stereocenters. The molecule has 116 valence electrons. The number of pyridine rings is 1. The van der Waals surface area contributed by atoms with Gasteiger partial charge in [-0.25, -0.2) is 4.79 Å². The number of fused-ring (bicyclic) bond motifs is 2. The highest BCUT2D eigenvalue weighted by molar-refractivity contribution is 5.99. The van der Waals surface area contributed by atoms with Gasteiger partial charge in [0.2, 0.25) is 5.69 Å². The standard InChI is InChI=1S/C18H22N2O2/c1-7-22-18(21)17-11(4)16-13(6)20-12(5)9(2)10(3)15(20)8-14(16)19-17/h8,12H,7H2,1-6H3/p+1. The van der Waals surface area contributed by atoms with Crippen molar-refractivity contribution in [3.8, 4) is 0 Å². The van der Waals surface area contributed by atoms with Crippen LogP contribution >= 0.6 is 0 Å². The van der Waals surface area contributed by atoms with Crippen LogP contribution in [0.5, 0.6) is 0 Å². The molecule has 1 aliphatic heterocycles. The Hall–Kier alpha value is -2.10. The average Bonchev–Trinajstić information content (AvgIpc) is 2.91.